The average Bonchev–Trinajstić information content (AvgIpc) is 2.66. The summed E-state index contributed by atoms with van der Waals surface area (Å²) in [6, 6.07) is 12.5. The largest absolute Gasteiger partial charge is 0.485 e. The van der Waals surface area contributed by atoms with Gasteiger partial charge in [-0.2, -0.15) is 0 Å². The first kappa shape index (κ1) is 21.3. The lowest BCUT2D eigenvalue weighted by atomic mass is 9.87. The molecule has 2 atom stereocenters. The van der Waals surface area contributed by atoms with Gasteiger partial charge in [0.05, 0.1) is 12.7 Å². The molecule has 0 aromatic heterocycles. The second-order valence-corrected chi connectivity index (χ2v) is 8.09. The van der Waals surface area contributed by atoms with Crippen molar-refractivity contribution in [2.24, 2.45) is 0 Å². The molecule has 0 bridgehead atoms. The standard InChI is InChI=1S/C24H30FNO3/c1-6-13-27-23-22(28-16(2)3)20-14-19(11-12-21(20)29-24(23,4)5)26-15-17-7-9-18(25)10-8-17/h6-12,14,16,22-23,26H,1,13,15H2,2-5H3. The molecular weight excluding hydrogens is 369 g/mol. The molecule has 0 aliphatic carbocycles. The van der Waals surface area contributed by atoms with Crippen molar-refractivity contribution in [1.82, 2.24) is 0 Å². The fraction of sp³-hybridized carbons (Fsp3) is 0.417. The van der Waals surface area contributed by atoms with Crippen LogP contribution in [0.3, 0.4) is 0 Å². The third-order valence-electron chi connectivity index (χ3n) is 4.87. The Morgan fingerprint density at radius 1 is 1.21 bits per heavy atom. The second-order valence-electron chi connectivity index (χ2n) is 8.09. The van der Waals surface area contributed by atoms with E-state index in [2.05, 4.69) is 11.9 Å². The van der Waals surface area contributed by atoms with Crippen LogP contribution in [-0.4, -0.2) is 24.4 Å². The summed E-state index contributed by atoms with van der Waals surface area (Å²) in [7, 11) is 0. The maximum absolute atomic E-state index is 13.1. The van der Waals surface area contributed by atoms with Crippen molar-refractivity contribution < 1.29 is 18.6 Å². The molecule has 1 heterocycles. The lowest BCUT2D eigenvalue weighted by Crippen LogP contribution is -2.51. The second kappa shape index (κ2) is 8.97. The molecule has 2 unspecified atom stereocenters. The first-order valence-corrected chi connectivity index (χ1v) is 9.99. The molecule has 0 saturated carbocycles. The van der Waals surface area contributed by atoms with Gasteiger partial charge in [0.25, 0.3) is 0 Å². The molecule has 0 radical (unpaired) electrons. The summed E-state index contributed by atoms with van der Waals surface area (Å²) in [6.45, 7) is 12.8. The third kappa shape index (κ3) is 5.17. The highest BCUT2D eigenvalue weighted by atomic mass is 19.1. The predicted molar refractivity (Wildman–Crippen MR) is 114 cm³/mol. The highest BCUT2D eigenvalue weighted by Crippen LogP contribution is 2.44. The summed E-state index contributed by atoms with van der Waals surface area (Å²) >= 11 is 0. The third-order valence-corrected chi connectivity index (χ3v) is 4.87. The Labute approximate surface area is 172 Å². The van der Waals surface area contributed by atoms with Crippen molar-refractivity contribution in [2.75, 3.05) is 11.9 Å². The minimum Gasteiger partial charge on any atom is -0.485 e. The summed E-state index contributed by atoms with van der Waals surface area (Å²) in [5.41, 5.74) is 2.36. The van der Waals surface area contributed by atoms with Crippen molar-refractivity contribution in [3.8, 4) is 5.75 Å². The SMILES string of the molecule is C=CCOC1C(OC(C)C)c2cc(NCc3ccc(F)cc3)ccc2OC1(C)C. The molecule has 0 saturated heterocycles. The molecule has 2 aromatic rings. The minimum atomic E-state index is -0.543. The highest BCUT2D eigenvalue weighted by molar-refractivity contribution is 5.53. The van der Waals surface area contributed by atoms with E-state index in [1.165, 1.54) is 12.1 Å². The summed E-state index contributed by atoms with van der Waals surface area (Å²) in [6.07, 6.45) is 1.23. The van der Waals surface area contributed by atoms with Gasteiger partial charge in [0, 0.05) is 17.8 Å². The van der Waals surface area contributed by atoms with Gasteiger partial charge in [0.1, 0.15) is 29.4 Å². The number of benzene rings is 2. The zero-order chi connectivity index (χ0) is 21.0. The molecule has 3 rings (SSSR count). The lowest BCUT2D eigenvalue weighted by Gasteiger charge is -2.44. The molecule has 2 aromatic carbocycles. The molecule has 1 aliphatic heterocycles. The van der Waals surface area contributed by atoms with E-state index in [1.54, 1.807) is 18.2 Å². The Balaban J connectivity index is 1.86. The summed E-state index contributed by atoms with van der Waals surface area (Å²) < 4.78 is 31.7. The maximum Gasteiger partial charge on any atom is 0.132 e. The number of hydrogen-bond acceptors (Lipinski definition) is 4. The van der Waals surface area contributed by atoms with E-state index in [9.17, 15) is 4.39 Å². The van der Waals surface area contributed by atoms with Crippen LogP contribution in [-0.2, 0) is 16.0 Å². The summed E-state index contributed by atoms with van der Waals surface area (Å²) in [4.78, 5) is 0. The zero-order valence-corrected chi connectivity index (χ0v) is 17.6. The Bertz CT molecular complexity index is 833. The van der Waals surface area contributed by atoms with E-state index < -0.39 is 5.60 Å². The normalized spacial score (nSPS) is 20.1. The zero-order valence-electron chi connectivity index (χ0n) is 17.6. The number of fused-ring (bicyclic) bond motifs is 1. The topological polar surface area (TPSA) is 39.7 Å². The van der Waals surface area contributed by atoms with Crippen molar-refractivity contribution in [1.29, 1.82) is 0 Å². The number of rotatable bonds is 8. The number of nitrogens with one attached hydrogen (secondary N) is 1. The predicted octanol–water partition coefficient (Wildman–Crippen LogP) is 5.65. The molecule has 1 aliphatic rings. The summed E-state index contributed by atoms with van der Waals surface area (Å²) in [5, 5.41) is 3.39. The van der Waals surface area contributed by atoms with Crippen LogP contribution in [0, 0.1) is 5.82 Å². The molecule has 0 amide bonds. The van der Waals surface area contributed by atoms with E-state index in [-0.39, 0.29) is 24.1 Å². The van der Waals surface area contributed by atoms with Crippen molar-refractivity contribution >= 4 is 5.69 Å². The van der Waals surface area contributed by atoms with Gasteiger partial charge in [-0.1, -0.05) is 18.2 Å². The van der Waals surface area contributed by atoms with Crippen LogP contribution >= 0.6 is 0 Å². The molecular formula is C24H30FNO3. The molecule has 0 spiro atoms. The van der Waals surface area contributed by atoms with Crippen LogP contribution in [0.15, 0.2) is 55.1 Å². The lowest BCUT2D eigenvalue weighted by molar-refractivity contribution is -0.168. The number of anilines is 1. The van der Waals surface area contributed by atoms with Gasteiger partial charge >= 0.3 is 0 Å². The number of halogens is 1. The first-order valence-electron chi connectivity index (χ1n) is 9.99. The van der Waals surface area contributed by atoms with Crippen LogP contribution in [0.2, 0.25) is 0 Å². The average molecular weight is 400 g/mol. The van der Waals surface area contributed by atoms with Gasteiger partial charge in [-0.05, 0) is 63.6 Å². The molecule has 29 heavy (non-hydrogen) atoms. The molecule has 0 fully saturated rings. The number of hydrogen-bond donors (Lipinski definition) is 1. The fourth-order valence-corrected chi connectivity index (χ4v) is 3.55. The molecule has 4 nitrogen and oxygen atoms in total. The van der Waals surface area contributed by atoms with E-state index in [4.69, 9.17) is 14.2 Å². The fourth-order valence-electron chi connectivity index (χ4n) is 3.55. The smallest absolute Gasteiger partial charge is 0.132 e. The van der Waals surface area contributed by atoms with Crippen LogP contribution in [0.4, 0.5) is 10.1 Å². The van der Waals surface area contributed by atoms with Gasteiger partial charge in [-0.25, -0.2) is 4.39 Å². The minimum absolute atomic E-state index is 0.0346. The number of ether oxygens (including phenoxy) is 3. The van der Waals surface area contributed by atoms with Crippen molar-refractivity contribution in [3.63, 3.8) is 0 Å². The quantitative estimate of drug-likeness (QED) is 0.583. The maximum atomic E-state index is 13.1. The van der Waals surface area contributed by atoms with Crippen LogP contribution in [0.1, 0.15) is 44.9 Å². The Morgan fingerprint density at radius 2 is 1.93 bits per heavy atom. The van der Waals surface area contributed by atoms with Gasteiger partial charge in [0.2, 0.25) is 0 Å². The van der Waals surface area contributed by atoms with Gasteiger partial charge in [-0.3, -0.25) is 0 Å². The Hall–Kier alpha value is -2.37. The van der Waals surface area contributed by atoms with Gasteiger partial charge in [-0.15, -0.1) is 6.58 Å². The summed E-state index contributed by atoms with van der Waals surface area (Å²) in [5.74, 6) is 0.563. The highest BCUT2D eigenvalue weighted by Gasteiger charge is 2.45. The van der Waals surface area contributed by atoms with Crippen LogP contribution in [0.5, 0.6) is 5.75 Å². The van der Waals surface area contributed by atoms with E-state index in [0.29, 0.717) is 13.2 Å². The van der Waals surface area contributed by atoms with Gasteiger partial charge < -0.3 is 19.5 Å². The van der Waals surface area contributed by atoms with E-state index in [0.717, 1.165) is 22.6 Å². The molecule has 5 heteroatoms. The Kier molecular flexibility index (Phi) is 6.60. The Morgan fingerprint density at radius 3 is 2.59 bits per heavy atom. The van der Waals surface area contributed by atoms with Crippen LogP contribution in [0.25, 0.3) is 0 Å². The first-order chi connectivity index (χ1) is 13.8. The molecule has 156 valence electrons. The van der Waals surface area contributed by atoms with Crippen LogP contribution < -0.4 is 10.1 Å². The van der Waals surface area contributed by atoms with E-state index >= 15 is 0 Å². The van der Waals surface area contributed by atoms with Crippen molar-refractivity contribution in [3.05, 3.63) is 72.1 Å². The van der Waals surface area contributed by atoms with Gasteiger partial charge in [0.15, 0.2) is 0 Å². The van der Waals surface area contributed by atoms with E-state index in [1.807, 2.05) is 45.9 Å². The molecule has 1 N–H and O–H groups in total. The van der Waals surface area contributed by atoms with Crippen molar-refractivity contribution in [2.45, 2.75) is 58.2 Å². The monoisotopic (exact) mass is 399 g/mol.